The molecule has 0 amide bonds. The molecule has 0 atom stereocenters. The third-order valence-corrected chi connectivity index (χ3v) is 2.31. The molecule has 0 spiro atoms. The Labute approximate surface area is 102 Å². The molecule has 96 valence electrons. The van der Waals surface area contributed by atoms with Crippen LogP contribution in [0.1, 0.15) is 13.8 Å². The lowest BCUT2D eigenvalue weighted by molar-refractivity contribution is -0.120. The number of nitrogens with two attached hydrogens (primary N) is 1. The zero-order chi connectivity index (χ0) is 13.2. The fraction of sp³-hybridized carbons (Fsp3) is 0.500. The molecular weight excluding hydrogens is 255 g/mol. The van der Waals surface area contributed by atoms with Crippen LogP contribution in [0.5, 0.6) is 0 Å². The number of hydrogen-bond acceptors (Lipinski definition) is 3. The standard InChI is InChI=1S/C10H13ClF3N3/c1-6(2)17(5-10(12,13)14)9-8(15)3-7(11)4-16-9/h3-4,6H,5,15H2,1-2H3. The number of aromatic nitrogens is 1. The summed E-state index contributed by atoms with van der Waals surface area (Å²) in [6, 6.07) is 1.02. The maximum atomic E-state index is 12.4. The topological polar surface area (TPSA) is 42.2 Å². The van der Waals surface area contributed by atoms with Gasteiger partial charge in [-0.15, -0.1) is 0 Å². The van der Waals surface area contributed by atoms with E-state index in [2.05, 4.69) is 4.98 Å². The summed E-state index contributed by atoms with van der Waals surface area (Å²) in [6.45, 7) is 2.19. The number of pyridine rings is 1. The number of nitrogens with zero attached hydrogens (tertiary/aromatic N) is 2. The van der Waals surface area contributed by atoms with Crippen molar-refractivity contribution < 1.29 is 13.2 Å². The van der Waals surface area contributed by atoms with Gasteiger partial charge in [-0.3, -0.25) is 0 Å². The quantitative estimate of drug-likeness (QED) is 0.915. The average Bonchev–Trinajstić information content (AvgIpc) is 2.13. The monoisotopic (exact) mass is 267 g/mol. The Balaban J connectivity index is 3.06. The van der Waals surface area contributed by atoms with Gasteiger partial charge in [0.1, 0.15) is 6.54 Å². The second-order valence-electron chi connectivity index (χ2n) is 3.90. The molecule has 0 bridgehead atoms. The third kappa shape index (κ3) is 3.96. The normalized spacial score (nSPS) is 11.9. The van der Waals surface area contributed by atoms with Gasteiger partial charge in [0, 0.05) is 12.2 Å². The Morgan fingerprint density at radius 2 is 2.06 bits per heavy atom. The van der Waals surface area contributed by atoms with Crippen LogP contribution in [-0.4, -0.2) is 23.7 Å². The van der Waals surface area contributed by atoms with Gasteiger partial charge < -0.3 is 10.6 Å². The molecule has 17 heavy (non-hydrogen) atoms. The first-order valence-corrected chi connectivity index (χ1v) is 5.33. The number of anilines is 2. The van der Waals surface area contributed by atoms with Gasteiger partial charge in [-0.05, 0) is 19.9 Å². The van der Waals surface area contributed by atoms with Crippen molar-refractivity contribution in [1.82, 2.24) is 4.98 Å². The van der Waals surface area contributed by atoms with Crippen molar-refractivity contribution in [3.05, 3.63) is 17.3 Å². The van der Waals surface area contributed by atoms with E-state index in [0.717, 1.165) is 4.90 Å². The third-order valence-electron chi connectivity index (χ3n) is 2.11. The Bertz CT molecular complexity index is 393. The van der Waals surface area contributed by atoms with Gasteiger partial charge >= 0.3 is 6.18 Å². The van der Waals surface area contributed by atoms with E-state index in [1.54, 1.807) is 13.8 Å². The average molecular weight is 268 g/mol. The number of hydrogen-bond donors (Lipinski definition) is 1. The van der Waals surface area contributed by atoms with Crippen molar-refractivity contribution in [3.63, 3.8) is 0 Å². The summed E-state index contributed by atoms with van der Waals surface area (Å²) in [5, 5.41) is 0.293. The van der Waals surface area contributed by atoms with Gasteiger partial charge in [-0.25, -0.2) is 4.98 Å². The zero-order valence-electron chi connectivity index (χ0n) is 9.42. The summed E-state index contributed by atoms with van der Waals surface area (Å²) in [5.41, 5.74) is 5.76. The molecule has 0 saturated heterocycles. The Hall–Kier alpha value is -1.17. The van der Waals surface area contributed by atoms with Crippen LogP contribution in [0.3, 0.4) is 0 Å². The number of alkyl halides is 3. The first kappa shape index (κ1) is 13.9. The first-order valence-electron chi connectivity index (χ1n) is 4.95. The van der Waals surface area contributed by atoms with E-state index in [4.69, 9.17) is 17.3 Å². The highest BCUT2D eigenvalue weighted by atomic mass is 35.5. The molecule has 0 saturated carbocycles. The van der Waals surface area contributed by atoms with Gasteiger partial charge in [-0.2, -0.15) is 13.2 Å². The lowest BCUT2D eigenvalue weighted by Gasteiger charge is -2.29. The fourth-order valence-electron chi connectivity index (χ4n) is 1.38. The van der Waals surface area contributed by atoms with E-state index in [9.17, 15) is 13.2 Å². The molecular formula is C10H13ClF3N3. The maximum Gasteiger partial charge on any atom is 0.405 e. The summed E-state index contributed by atoms with van der Waals surface area (Å²) >= 11 is 5.65. The molecule has 0 radical (unpaired) electrons. The van der Waals surface area contributed by atoms with Gasteiger partial charge in [-0.1, -0.05) is 11.6 Å². The maximum absolute atomic E-state index is 12.4. The summed E-state index contributed by atoms with van der Waals surface area (Å²) in [7, 11) is 0. The molecule has 1 rings (SSSR count). The summed E-state index contributed by atoms with van der Waals surface area (Å²) < 4.78 is 37.3. The highest BCUT2D eigenvalue weighted by molar-refractivity contribution is 6.30. The lowest BCUT2D eigenvalue weighted by Crippen LogP contribution is -2.40. The van der Waals surface area contributed by atoms with E-state index >= 15 is 0 Å². The van der Waals surface area contributed by atoms with Crippen LogP contribution in [0.25, 0.3) is 0 Å². The van der Waals surface area contributed by atoms with Gasteiger partial charge in [0.2, 0.25) is 0 Å². The van der Waals surface area contributed by atoms with E-state index in [1.165, 1.54) is 12.3 Å². The van der Waals surface area contributed by atoms with Crippen molar-refractivity contribution in [3.8, 4) is 0 Å². The van der Waals surface area contributed by atoms with Gasteiger partial charge in [0.15, 0.2) is 5.82 Å². The van der Waals surface area contributed by atoms with Crippen LogP contribution in [-0.2, 0) is 0 Å². The van der Waals surface area contributed by atoms with Crippen LogP contribution >= 0.6 is 11.6 Å². The van der Waals surface area contributed by atoms with E-state index < -0.39 is 12.7 Å². The number of rotatable bonds is 3. The van der Waals surface area contributed by atoms with Crippen molar-refractivity contribution >= 4 is 23.1 Å². The van der Waals surface area contributed by atoms with Crippen LogP contribution in [0, 0.1) is 0 Å². The summed E-state index contributed by atoms with van der Waals surface area (Å²) in [4.78, 5) is 4.94. The van der Waals surface area contributed by atoms with Crippen molar-refractivity contribution in [2.75, 3.05) is 17.2 Å². The second kappa shape index (κ2) is 5.00. The van der Waals surface area contributed by atoms with Crippen molar-refractivity contribution in [2.45, 2.75) is 26.1 Å². The second-order valence-corrected chi connectivity index (χ2v) is 4.34. The highest BCUT2D eigenvalue weighted by Gasteiger charge is 2.33. The Kier molecular flexibility index (Phi) is 4.08. The van der Waals surface area contributed by atoms with E-state index in [-0.39, 0.29) is 17.5 Å². The molecule has 0 aromatic carbocycles. The van der Waals surface area contributed by atoms with Crippen LogP contribution in [0.4, 0.5) is 24.7 Å². The van der Waals surface area contributed by atoms with Crippen LogP contribution in [0.15, 0.2) is 12.3 Å². The van der Waals surface area contributed by atoms with E-state index in [1.807, 2.05) is 0 Å². The van der Waals surface area contributed by atoms with E-state index in [0.29, 0.717) is 5.02 Å². The van der Waals surface area contributed by atoms with Crippen molar-refractivity contribution in [2.24, 2.45) is 0 Å². The number of nitrogen functional groups attached to an aromatic ring is 1. The highest BCUT2D eigenvalue weighted by Crippen LogP contribution is 2.28. The van der Waals surface area contributed by atoms with Crippen LogP contribution < -0.4 is 10.6 Å². The molecule has 0 aliphatic heterocycles. The largest absolute Gasteiger partial charge is 0.405 e. The predicted molar refractivity (Wildman–Crippen MR) is 62.2 cm³/mol. The van der Waals surface area contributed by atoms with Gasteiger partial charge in [0.25, 0.3) is 0 Å². The molecule has 2 N–H and O–H groups in total. The van der Waals surface area contributed by atoms with Crippen molar-refractivity contribution in [1.29, 1.82) is 0 Å². The molecule has 3 nitrogen and oxygen atoms in total. The molecule has 1 aromatic rings. The minimum absolute atomic E-state index is 0.0988. The van der Waals surface area contributed by atoms with Crippen LogP contribution in [0.2, 0.25) is 5.02 Å². The Morgan fingerprint density at radius 3 is 2.47 bits per heavy atom. The summed E-state index contributed by atoms with van der Waals surface area (Å²) in [5.74, 6) is 0.0988. The minimum Gasteiger partial charge on any atom is -0.396 e. The smallest absolute Gasteiger partial charge is 0.396 e. The zero-order valence-corrected chi connectivity index (χ0v) is 10.2. The van der Waals surface area contributed by atoms with Gasteiger partial charge in [0.05, 0.1) is 10.7 Å². The molecule has 0 unspecified atom stereocenters. The summed E-state index contributed by atoms with van der Waals surface area (Å²) in [6.07, 6.45) is -3.03. The Morgan fingerprint density at radius 1 is 1.47 bits per heavy atom. The fourth-order valence-corrected chi connectivity index (χ4v) is 1.55. The molecule has 0 aliphatic carbocycles. The molecule has 7 heteroatoms. The predicted octanol–water partition coefficient (Wildman–Crippen LogP) is 3.09. The SMILES string of the molecule is CC(C)N(CC(F)(F)F)c1ncc(Cl)cc1N. The molecule has 1 heterocycles. The minimum atomic E-state index is -4.31. The lowest BCUT2D eigenvalue weighted by atomic mass is 10.2. The molecule has 0 fully saturated rings. The first-order chi connectivity index (χ1) is 7.70. The molecule has 1 aromatic heterocycles. The molecule has 0 aliphatic rings. The number of halogens is 4.